The lowest BCUT2D eigenvalue weighted by molar-refractivity contribution is -0.129. The highest BCUT2D eigenvalue weighted by Gasteiger charge is 2.27. The molecule has 0 aliphatic carbocycles. The monoisotopic (exact) mass is 322 g/mol. The molecular formula is C16H26N4O3. The predicted octanol–water partition coefficient (Wildman–Crippen LogP) is 0.215. The largest absolute Gasteiger partial charge is 0.366 e. The highest BCUT2D eigenvalue weighted by atomic mass is 16.2. The van der Waals surface area contributed by atoms with Crippen LogP contribution in [0.1, 0.15) is 33.6 Å². The SMILES string of the molecule is Cn1cc(N2CCC(NC(=O)C(C)(C)C)CC2)c(=O)n(C)c1=O. The van der Waals surface area contributed by atoms with Crippen LogP contribution in [0.5, 0.6) is 0 Å². The third-order valence-corrected chi connectivity index (χ3v) is 4.28. The molecule has 128 valence electrons. The van der Waals surface area contributed by atoms with Gasteiger partial charge in [-0.3, -0.25) is 14.2 Å². The zero-order valence-electron chi connectivity index (χ0n) is 14.5. The number of aryl methyl sites for hydroxylation is 1. The molecule has 1 aromatic heterocycles. The summed E-state index contributed by atoms with van der Waals surface area (Å²) in [5, 5.41) is 3.07. The summed E-state index contributed by atoms with van der Waals surface area (Å²) >= 11 is 0. The van der Waals surface area contributed by atoms with E-state index in [1.165, 1.54) is 11.6 Å². The molecule has 1 amide bonds. The van der Waals surface area contributed by atoms with E-state index in [9.17, 15) is 14.4 Å². The van der Waals surface area contributed by atoms with Crippen LogP contribution in [-0.2, 0) is 18.9 Å². The maximum atomic E-state index is 12.3. The van der Waals surface area contributed by atoms with Crippen LogP contribution in [0.3, 0.4) is 0 Å². The number of anilines is 1. The Morgan fingerprint density at radius 2 is 1.74 bits per heavy atom. The van der Waals surface area contributed by atoms with Crippen molar-refractivity contribution in [3.05, 3.63) is 27.0 Å². The minimum Gasteiger partial charge on any atom is -0.366 e. The van der Waals surface area contributed by atoms with Crippen LogP contribution in [-0.4, -0.2) is 34.2 Å². The van der Waals surface area contributed by atoms with Gasteiger partial charge >= 0.3 is 5.69 Å². The van der Waals surface area contributed by atoms with Gasteiger partial charge in [0.1, 0.15) is 5.69 Å². The van der Waals surface area contributed by atoms with Gasteiger partial charge in [0.05, 0.1) is 0 Å². The second-order valence-electron chi connectivity index (χ2n) is 7.26. The van der Waals surface area contributed by atoms with Crippen molar-refractivity contribution >= 4 is 11.6 Å². The van der Waals surface area contributed by atoms with Crippen LogP contribution < -0.4 is 21.5 Å². The van der Waals surface area contributed by atoms with E-state index in [2.05, 4.69) is 5.32 Å². The van der Waals surface area contributed by atoms with Crippen LogP contribution in [0.4, 0.5) is 5.69 Å². The van der Waals surface area contributed by atoms with Gasteiger partial charge in [0.15, 0.2) is 0 Å². The molecule has 7 nitrogen and oxygen atoms in total. The topological polar surface area (TPSA) is 76.3 Å². The lowest BCUT2D eigenvalue weighted by atomic mass is 9.94. The van der Waals surface area contributed by atoms with Crippen molar-refractivity contribution in [2.75, 3.05) is 18.0 Å². The third kappa shape index (κ3) is 3.65. The first-order chi connectivity index (χ1) is 10.6. The Hall–Kier alpha value is -2.05. The van der Waals surface area contributed by atoms with Gasteiger partial charge < -0.3 is 14.8 Å². The molecule has 7 heteroatoms. The van der Waals surface area contributed by atoms with E-state index in [0.717, 1.165) is 17.4 Å². The number of aromatic nitrogens is 2. The molecule has 2 heterocycles. The second-order valence-corrected chi connectivity index (χ2v) is 7.26. The molecule has 0 radical (unpaired) electrons. The summed E-state index contributed by atoms with van der Waals surface area (Å²) in [6.07, 6.45) is 3.17. The Labute approximate surface area is 135 Å². The van der Waals surface area contributed by atoms with Crippen molar-refractivity contribution in [3.63, 3.8) is 0 Å². The first kappa shape index (κ1) is 17.3. The van der Waals surface area contributed by atoms with Gasteiger partial charge in [-0.25, -0.2) is 4.79 Å². The Balaban J connectivity index is 2.07. The summed E-state index contributed by atoms with van der Waals surface area (Å²) in [5.74, 6) is 0.0500. The molecule has 0 saturated carbocycles. The number of carbonyl (C=O) groups is 1. The number of carbonyl (C=O) groups excluding carboxylic acids is 1. The van der Waals surface area contributed by atoms with Crippen molar-refractivity contribution in [1.82, 2.24) is 14.5 Å². The van der Waals surface area contributed by atoms with E-state index < -0.39 is 5.41 Å². The fourth-order valence-electron chi connectivity index (χ4n) is 2.67. The van der Waals surface area contributed by atoms with Gasteiger partial charge in [0, 0.05) is 44.8 Å². The number of piperidine rings is 1. The van der Waals surface area contributed by atoms with E-state index in [-0.39, 0.29) is 23.2 Å². The third-order valence-electron chi connectivity index (χ3n) is 4.28. The molecule has 0 atom stereocenters. The summed E-state index contributed by atoms with van der Waals surface area (Å²) in [6, 6.07) is 0.134. The van der Waals surface area contributed by atoms with Crippen LogP contribution >= 0.6 is 0 Å². The molecular weight excluding hydrogens is 296 g/mol. The van der Waals surface area contributed by atoms with E-state index in [4.69, 9.17) is 0 Å². The molecule has 0 bridgehead atoms. The number of nitrogens with one attached hydrogen (secondary N) is 1. The van der Waals surface area contributed by atoms with E-state index >= 15 is 0 Å². The lowest BCUT2D eigenvalue weighted by Crippen LogP contribution is -2.49. The Kier molecular flexibility index (Phi) is 4.68. The number of amides is 1. The van der Waals surface area contributed by atoms with Gasteiger partial charge in [-0.1, -0.05) is 20.8 Å². The molecule has 1 aromatic rings. The van der Waals surface area contributed by atoms with E-state index in [0.29, 0.717) is 18.8 Å². The summed E-state index contributed by atoms with van der Waals surface area (Å²) in [7, 11) is 3.13. The second kappa shape index (κ2) is 6.22. The fraction of sp³-hybridized carbons (Fsp3) is 0.688. The minimum absolute atomic E-state index is 0.0500. The molecule has 23 heavy (non-hydrogen) atoms. The molecule has 1 fully saturated rings. The van der Waals surface area contributed by atoms with Gasteiger partial charge in [-0.2, -0.15) is 0 Å². The summed E-state index contributed by atoms with van der Waals surface area (Å²) in [6.45, 7) is 7.05. The molecule has 2 rings (SSSR count). The van der Waals surface area contributed by atoms with Crippen molar-refractivity contribution < 1.29 is 4.79 Å². The van der Waals surface area contributed by atoms with Gasteiger partial charge in [-0.15, -0.1) is 0 Å². The van der Waals surface area contributed by atoms with Gasteiger partial charge in [0.25, 0.3) is 5.56 Å². The van der Waals surface area contributed by atoms with Crippen LogP contribution in [0.25, 0.3) is 0 Å². The highest BCUT2D eigenvalue weighted by molar-refractivity contribution is 5.81. The first-order valence-electron chi connectivity index (χ1n) is 7.94. The Bertz CT molecular complexity index is 704. The zero-order chi connectivity index (χ0) is 17.4. The maximum Gasteiger partial charge on any atom is 0.330 e. The van der Waals surface area contributed by atoms with Crippen molar-refractivity contribution in [2.24, 2.45) is 19.5 Å². The smallest absolute Gasteiger partial charge is 0.330 e. The van der Waals surface area contributed by atoms with Crippen molar-refractivity contribution in [1.29, 1.82) is 0 Å². The number of hydrogen-bond donors (Lipinski definition) is 1. The summed E-state index contributed by atoms with van der Waals surface area (Å²) in [5.41, 5.74) is -0.461. The fourth-order valence-corrected chi connectivity index (χ4v) is 2.67. The average Bonchev–Trinajstić information content (AvgIpc) is 2.49. The zero-order valence-corrected chi connectivity index (χ0v) is 14.5. The number of nitrogens with zero attached hydrogens (tertiary/aromatic N) is 3. The molecule has 0 unspecified atom stereocenters. The number of hydrogen-bond acceptors (Lipinski definition) is 4. The maximum absolute atomic E-state index is 12.3. The molecule has 1 aliphatic rings. The first-order valence-corrected chi connectivity index (χ1v) is 7.94. The Morgan fingerprint density at radius 1 is 1.17 bits per heavy atom. The molecule has 0 spiro atoms. The number of rotatable bonds is 2. The summed E-state index contributed by atoms with van der Waals surface area (Å²) < 4.78 is 2.55. The average molecular weight is 322 g/mol. The molecule has 1 aliphatic heterocycles. The van der Waals surface area contributed by atoms with Crippen molar-refractivity contribution in [2.45, 2.75) is 39.7 Å². The van der Waals surface area contributed by atoms with Crippen LogP contribution in [0, 0.1) is 5.41 Å². The van der Waals surface area contributed by atoms with E-state index in [1.54, 1.807) is 13.2 Å². The van der Waals surface area contributed by atoms with Crippen LogP contribution in [0.15, 0.2) is 15.8 Å². The van der Waals surface area contributed by atoms with Gasteiger partial charge in [-0.05, 0) is 12.8 Å². The molecule has 1 saturated heterocycles. The van der Waals surface area contributed by atoms with E-state index in [1.807, 2.05) is 25.7 Å². The van der Waals surface area contributed by atoms with Crippen LogP contribution in [0.2, 0.25) is 0 Å². The minimum atomic E-state index is -0.398. The van der Waals surface area contributed by atoms with Crippen molar-refractivity contribution in [3.8, 4) is 0 Å². The quantitative estimate of drug-likeness (QED) is 0.845. The highest BCUT2D eigenvalue weighted by Crippen LogP contribution is 2.18. The standard InChI is InChI=1S/C16H26N4O3/c1-16(2,3)14(22)17-11-6-8-20(9-7-11)12-10-18(4)15(23)19(5)13(12)21/h10-11H,6-9H2,1-5H3,(H,17,22). The van der Waals surface area contributed by atoms with Gasteiger partial charge in [0.2, 0.25) is 5.91 Å². The lowest BCUT2D eigenvalue weighted by Gasteiger charge is -2.34. The summed E-state index contributed by atoms with van der Waals surface area (Å²) in [4.78, 5) is 38.1. The predicted molar refractivity (Wildman–Crippen MR) is 89.8 cm³/mol. The normalized spacial score (nSPS) is 16.5. The molecule has 1 N–H and O–H groups in total. The molecule has 0 aromatic carbocycles. The Morgan fingerprint density at radius 3 is 2.26 bits per heavy atom.